The van der Waals surface area contributed by atoms with Gasteiger partial charge in [-0.15, -0.1) is 0 Å². The molecule has 210 valence electrons. The maximum absolute atomic E-state index is 11.9. The molecule has 0 spiro atoms. The number of hydrogen-bond donors (Lipinski definition) is 5. The van der Waals surface area contributed by atoms with Gasteiger partial charge < -0.3 is 16.0 Å². The Morgan fingerprint density at radius 2 is 1.08 bits per heavy atom. The fraction of sp³-hybridized carbons (Fsp3) is 0.548. The molecule has 0 heterocycles. The lowest BCUT2D eigenvalue weighted by atomic mass is 9.88. The third-order valence-corrected chi connectivity index (χ3v) is 6.76. The molecule has 0 aromatic heterocycles. The molecule has 2 aromatic carbocycles. The summed E-state index contributed by atoms with van der Waals surface area (Å²) in [7, 11) is 0. The van der Waals surface area contributed by atoms with Gasteiger partial charge in [-0.25, -0.2) is 5.48 Å². The Labute approximate surface area is 229 Å². The van der Waals surface area contributed by atoms with Crippen molar-refractivity contribution in [3.63, 3.8) is 0 Å². The van der Waals surface area contributed by atoms with Crippen LogP contribution in [0.25, 0.3) is 0 Å². The summed E-state index contributed by atoms with van der Waals surface area (Å²) in [5, 5.41) is 18.5. The molecule has 7 nitrogen and oxygen atoms in total. The number of hydrogen-bond acceptors (Lipinski definition) is 5. The summed E-state index contributed by atoms with van der Waals surface area (Å²) >= 11 is 0. The van der Waals surface area contributed by atoms with Gasteiger partial charge in [-0.3, -0.25) is 14.8 Å². The summed E-state index contributed by atoms with van der Waals surface area (Å²) in [5.74, 6) is 0.210. The first kappa shape index (κ1) is 31.5. The topological polar surface area (TPSA) is 102 Å². The smallest absolute Gasteiger partial charge is 0.243 e. The van der Waals surface area contributed by atoms with Gasteiger partial charge in [0.1, 0.15) is 0 Å². The van der Waals surface area contributed by atoms with E-state index in [9.17, 15) is 9.59 Å². The highest BCUT2D eigenvalue weighted by molar-refractivity contribution is 5.75. The van der Waals surface area contributed by atoms with Crippen LogP contribution in [0.1, 0.15) is 87.7 Å². The van der Waals surface area contributed by atoms with E-state index in [0.717, 1.165) is 84.0 Å². The third-order valence-electron chi connectivity index (χ3n) is 6.76. The third kappa shape index (κ3) is 14.9. The maximum Gasteiger partial charge on any atom is 0.243 e. The van der Waals surface area contributed by atoms with Crippen molar-refractivity contribution in [2.45, 2.75) is 76.5 Å². The summed E-state index contributed by atoms with van der Waals surface area (Å²) in [6.07, 6.45) is 9.83. The summed E-state index contributed by atoms with van der Waals surface area (Å²) < 4.78 is 0. The van der Waals surface area contributed by atoms with Crippen molar-refractivity contribution in [1.29, 1.82) is 0 Å². The second kappa shape index (κ2) is 21.2. The zero-order valence-corrected chi connectivity index (χ0v) is 22.9. The number of rotatable bonds is 22. The molecule has 2 aromatic rings. The number of hydroxylamine groups is 1. The predicted octanol–water partition coefficient (Wildman–Crippen LogP) is 4.91. The largest absolute Gasteiger partial charge is 0.356 e. The van der Waals surface area contributed by atoms with Crippen LogP contribution >= 0.6 is 0 Å². The fourth-order valence-electron chi connectivity index (χ4n) is 4.58. The van der Waals surface area contributed by atoms with Gasteiger partial charge in [-0.1, -0.05) is 79.9 Å². The van der Waals surface area contributed by atoms with Crippen LogP contribution in [0.15, 0.2) is 60.7 Å². The molecular weight excluding hydrogens is 476 g/mol. The minimum absolute atomic E-state index is 0.123. The molecule has 0 aliphatic carbocycles. The molecular formula is C31H48N4O3. The molecule has 0 unspecified atom stereocenters. The monoisotopic (exact) mass is 524 g/mol. The van der Waals surface area contributed by atoms with E-state index >= 15 is 0 Å². The normalized spacial score (nSPS) is 11.0. The number of amides is 2. The first-order chi connectivity index (χ1) is 18.7. The van der Waals surface area contributed by atoms with Gasteiger partial charge in [0, 0.05) is 25.3 Å². The lowest BCUT2D eigenvalue weighted by Gasteiger charge is -2.18. The average molecular weight is 525 g/mol. The van der Waals surface area contributed by atoms with Gasteiger partial charge in [0.2, 0.25) is 11.8 Å². The van der Waals surface area contributed by atoms with Gasteiger partial charge in [0.05, 0.1) is 0 Å². The molecule has 2 amide bonds. The predicted molar refractivity (Wildman–Crippen MR) is 154 cm³/mol. The van der Waals surface area contributed by atoms with Crippen molar-refractivity contribution >= 4 is 11.8 Å². The SMILES string of the molecule is O=C(CCCCCCCC(=O)NCCCNCCCCNCCC(c1ccccc1)c1ccccc1)NO. The van der Waals surface area contributed by atoms with E-state index in [0.29, 0.717) is 25.3 Å². The minimum atomic E-state index is -0.335. The highest BCUT2D eigenvalue weighted by Gasteiger charge is 2.13. The minimum Gasteiger partial charge on any atom is -0.356 e. The molecule has 7 heteroatoms. The van der Waals surface area contributed by atoms with Crippen LogP contribution in [0, 0.1) is 0 Å². The molecule has 0 aliphatic heterocycles. The van der Waals surface area contributed by atoms with E-state index in [1.807, 2.05) is 0 Å². The van der Waals surface area contributed by atoms with Crippen LogP contribution in [0.5, 0.6) is 0 Å². The van der Waals surface area contributed by atoms with Gasteiger partial charge in [0.25, 0.3) is 0 Å². The van der Waals surface area contributed by atoms with Crippen molar-refractivity contribution in [3.8, 4) is 0 Å². The molecule has 0 saturated heterocycles. The molecule has 0 saturated carbocycles. The Kier molecular flexibility index (Phi) is 17.6. The molecule has 0 fully saturated rings. The maximum atomic E-state index is 11.9. The van der Waals surface area contributed by atoms with Gasteiger partial charge in [-0.2, -0.15) is 0 Å². The van der Waals surface area contributed by atoms with E-state index < -0.39 is 0 Å². The Balaban J connectivity index is 1.39. The summed E-state index contributed by atoms with van der Waals surface area (Å²) in [6.45, 7) is 4.68. The fourth-order valence-corrected chi connectivity index (χ4v) is 4.58. The van der Waals surface area contributed by atoms with Crippen molar-refractivity contribution in [3.05, 3.63) is 71.8 Å². The Morgan fingerprint density at radius 1 is 0.579 bits per heavy atom. The molecule has 0 bridgehead atoms. The quantitative estimate of drug-likeness (QED) is 0.0856. The van der Waals surface area contributed by atoms with Crippen LogP contribution in [0.3, 0.4) is 0 Å². The van der Waals surface area contributed by atoms with E-state index in [2.05, 4.69) is 76.6 Å². The van der Waals surface area contributed by atoms with Crippen molar-refractivity contribution in [1.82, 2.24) is 21.4 Å². The van der Waals surface area contributed by atoms with Gasteiger partial charge in [-0.05, 0) is 75.8 Å². The van der Waals surface area contributed by atoms with E-state index in [4.69, 9.17) is 5.21 Å². The Bertz CT molecular complexity index is 824. The molecule has 38 heavy (non-hydrogen) atoms. The van der Waals surface area contributed by atoms with Crippen LogP contribution < -0.4 is 21.4 Å². The van der Waals surface area contributed by atoms with E-state index in [1.54, 1.807) is 5.48 Å². The number of unbranched alkanes of at least 4 members (excludes halogenated alkanes) is 5. The first-order valence-electron chi connectivity index (χ1n) is 14.4. The lowest BCUT2D eigenvalue weighted by molar-refractivity contribution is -0.129. The Morgan fingerprint density at radius 3 is 1.66 bits per heavy atom. The highest BCUT2D eigenvalue weighted by Crippen LogP contribution is 2.27. The van der Waals surface area contributed by atoms with Crippen molar-refractivity contribution in [2.75, 3.05) is 32.7 Å². The summed E-state index contributed by atoms with van der Waals surface area (Å²) in [4.78, 5) is 22.8. The second-order valence-electron chi connectivity index (χ2n) is 9.88. The van der Waals surface area contributed by atoms with Crippen molar-refractivity contribution < 1.29 is 14.8 Å². The molecule has 2 rings (SSSR count). The summed E-state index contributed by atoms with van der Waals surface area (Å²) in [6, 6.07) is 21.5. The van der Waals surface area contributed by atoms with Gasteiger partial charge in [0.15, 0.2) is 0 Å². The number of benzene rings is 2. The molecule has 0 aliphatic rings. The van der Waals surface area contributed by atoms with E-state index in [1.165, 1.54) is 11.1 Å². The second-order valence-corrected chi connectivity index (χ2v) is 9.88. The molecule has 5 N–H and O–H groups in total. The highest BCUT2D eigenvalue weighted by atomic mass is 16.5. The first-order valence-corrected chi connectivity index (χ1v) is 14.4. The van der Waals surface area contributed by atoms with Gasteiger partial charge >= 0.3 is 0 Å². The standard InChI is InChI=1S/C31H48N4O3/c36-30(19-10-2-1-3-11-20-31(37)35-38)34-25-14-24-32-22-12-13-23-33-26-21-29(27-15-6-4-7-16-27)28-17-8-5-9-18-28/h4-9,15-18,29,32-33,38H,1-3,10-14,19-26H2,(H,34,36)(H,35,37). The summed E-state index contributed by atoms with van der Waals surface area (Å²) in [5.41, 5.74) is 4.39. The number of carbonyl (C=O) groups excluding carboxylic acids is 2. The molecule has 0 atom stereocenters. The van der Waals surface area contributed by atoms with Crippen molar-refractivity contribution in [2.24, 2.45) is 0 Å². The van der Waals surface area contributed by atoms with Crippen LogP contribution in [-0.2, 0) is 9.59 Å². The number of carbonyl (C=O) groups is 2. The zero-order valence-electron chi connectivity index (χ0n) is 22.9. The molecule has 0 radical (unpaired) electrons. The Hall–Kier alpha value is -2.74. The number of nitrogens with one attached hydrogen (secondary N) is 4. The average Bonchev–Trinajstić information content (AvgIpc) is 2.95. The van der Waals surface area contributed by atoms with Crippen LogP contribution in [-0.4, -0.2) is 49.7 Å². The zero-order chi connectivity index (χ0) is 27.1. The van der Waals surface area contributed by atoms with Crippen LogP contribution in [0.2, 0.25) is 0 Å². The lowest BCUT2D eigenvalue weighted by Crippen LogP contribution is -2.27. The van der Waals surface area contributed by atoms with E-state index in [-0.39, 0.29) is 11.8 Å². The van der Waals surface area contributed by atoms with Crippen LogP contribution in [0.4, 0.5) is 0 Å².